The molecule has 0 bridgehead atoms. The number of nitrogens with two attached hydrogens (primary N) is 1. The Morgan fingerprint density at radius 3 is 2.27 bits per heavy atom. The minimum absolute atomic E-state index is 0.0919. The molecule has 3 aromatic rings. The van der Waals surface area contributed by atoms with Crippen LogP contribution in [0, 0.1) is 5.82 Å². The van der Waals surface area contributed by atoms with Crippen molar-refractivity contribution in [1.82, 2.24) is 9.78 Å². The zero-order valence-corrected chi connectivity index (χ0v) is 14.7. The molecule has 134 valence electrons. The summed E-state index contributed by atoms with van der Waals surface area (Å²) in [5, 5.41) is 4.21. The Hall–Kier alpha value is -3.00. The number of carbonyl (C=O) groups is 1. The lowest BCUT2D eigenvalue weighted by Crippen LogP contribution is -2.12. The van der Waals surface area contributed by atoms with E-state index in [-0.39, 0.29) is 16.4 Å². The predicted octanol–water partition coefficient (Wildman–Crippen LogP) is 2.24. The largest absolute Gasteiger partial charge is 0.364 e. The van der Waals surface area contributed by atoms with Crippen LogP contribution in [0.25, 0.3) is 11.3 Å². The lowest BCUT2D eigenvalue weighted by molar-refractivity contribution is 0.0995. The number of primary amides is 1. The van der Waals surface area contributed by atoms with Gasteiger partial charge in [0.1, 0.15) is 5.82 Å². The molecule has 8 heteroatoms. The van der Waals surface area contributed by atoms with Gasteiger partial charge in [0.05, 0.1) is 17.1 Å². The van der Waals surface area contributed by atoms with E-state index in [0.717, 1.165) is 11.8 Å². The molecular weight excluding hydrogens is 357 g/mol. The van der Waals surface area contributed by atoms with E-state index in [2.05, 4.69) is 5.10 Å². The fraction of sp³-hybridized carbons (Fsp3) is 0.111. The van der Waals surface area contributed by atoms with Crippen LogP contribution in [0.4, 0.5) is 4.39 Å². The summed E-state index contributed by atoms with van der Waals surface area (Å²) in [7, 11) is -3.30. The number of benzene rings is 2. The molecule has 0 fully saturated rings. The number of carbonyl (C=O) groups excluding carboxylic acids is 1. The molecular formula is C18H16FN3O3S. The molecule has 1 amide bonds. The average Bonchev–Trinajstić information content (AvgIpc) is 3.00. The van der Waals surface area contributed by atoms with Crippen LogP contribution in [0.2, 0.25) is 0 Å². The summed E-state index contributed by atoms with van der Waals surface area (Å²) >= 11 is 0. The van der Waals surface area contributed by atoms with Gasteiger partial charge in [0.25, 0.3) is 5.91 Å². The predicted molar refractivity (Wildman–Crippen MR) is 94.8 cm³/mol. The molecule has 0 radical (unpaired) electrons. The van der Waals surface area contributed by atoms with Crippen molar-refractivity contribution < 1.29 is 17.6 Å². The zero-order chi connectivity index (χ0) is 18.9. The number of halogens is 1. The molecule has 0 aliphatic rings. The van der Waals surface area contributed by atoms with Crippen molar-refractivity contribution >= 4 is 15.7 Å². The molecule has 0 spiro atoms. The van der Waals surface area contributed by atoms with E-state index >= 15 is 0 Å². The van der Waals surface area contributed by atoms with Crippen LogP contribution in [0.1, 0.15) is 16.1 Å². The van der Waals surface area contributed by atoms with Gasteiger partial charge >= 0.3 is 0 Å². The second-order valence-corrected chi connectivity index (χ2v) is 7.88. The Morgan fingerprint density at radius 2 is 1.73 bits per heavy atom. The number of hydrogen-bond acceptors (Lipinski definition) is 4. The first-order chi connectivity index (χ1) is 12.2. The maximum atomic E-state index is 13.1. The number of sulfone groups is 1. The highest BCUT2D eigenvalue weighted by molar-refractivity contribution is 7.90. The van der Waals surface area contributed by atoms with Gasteiger partial charge in [0.15, 0.2) is 15.5 Å². The summed E-state index contributed by atoms with van der Waals surface area (Å²) in [5.74, 6) is -1.01. The molecule has 0 aliphatic heterocycles. The van der Waals surface area contributed by atoms with Crippen molar-refractivity contribution in [2.45, 2.75) is 11.4 Å². The van der Waals surface area contributed by atoms with E-state index in [1.807, 2.05) is 0 Å². The second kappa shape index (κ2) is 6.72. The third-order valence-electron chi connectivity index (χ3n) is 3.86. The summed E-state index contributed by atoms with van der Waals surface area (Å²) < 4.78 is 37.9. The third-order valence-corrected chi connectivity index (χ3v) is 4.98. The van der Waals surface area contributed by atoms with Gasteiger partial charge in [0, 0.05) is 6.26 Å². The fourth-order valence-corrected chi connectivity index (χ4v) is 3.16. The van der Waals surface area contributed by atoms with E-state index < -0.39 is 15.7 Å². The summed E-state index contributed by atoms with van der Waals surface area (Å²) in [4.78, 5) is 11.7. The zero-order valence-electron chi connectivity index (χ0n) is 13.9. The lowest BCUT2D eigenvalue weighted by Gasteiger charge is -2.08. The van der Waals surface area contributed by atoms with Crippen molar-refractivity contribution in [2.24, 2.45) is 5.73 Å². The molecule has 0 atom stereocenters. The molecule has 2 aromatic carbocycles. The van der Waals surface area contributed by atoms with Gasteiger partial charge in [-0.1, -0.05) is 24.3 Å². The topological polar surface area (TPSA) is 95.0 Å². The van der Waals surface area contributed by atoms with E-state index in [0.29, 0.717) is 17.8 Å². The summed E-state index contributed by atoms with van der Waals surface area (Å²) in [6.07, 6.45) is 1.13. The first-order valence-corrected chi connectivity index (χ1v) is 9.56. The first-order valence-electron chi connectivity index (χ1n) is 7.66. The molecule has 3 rings (SSSR count). The van der Waals surface area contributed by atoms with E-state index in [4.69, 9.17) is 5.73 Å². The molecule has 0 aliphatic carbocycles. The molecule has 0 saturated carbocycles. The Labute approximate surface area is 150 Å². The summed E-state index contributed by atoms with van der Waals surface area (Å²) in [5.41, 5.74) is 7.49. The van der Waals surface area contributed by atoms with Crippen LogP contribution in [0.5, 0.6) is 0 Å². The lowest BCUT2D eigenvalue weighted by atomic mass is 10.1. The average molecular weight is 373 g/mol. The normalized spacial score (nSPS) is 11.5. The molecule has 2 N–H and O–H groups in total. The summed E-state index contributed by atoms with van der Waals surface area (Å²) in [6, 6.07) is 13.7. The second-order valence-electron chi connectivity index (χ2n) is 5.86. The smallest absolute Gasteiger partial charge is 0.269 e. The van der Waals surface area contributed by atoms with E-state index in [1.165, 1.54) is 24.3 Å². The minimum Gasteiger partial charge on any atom is -0.364 e. The number of hydrogen-bond donors (Lipinski definition) is 1. The van der Waals surface area contributed by atoms with Crippen molar-refractivity contribution in [3.8, 4) is 11.3 Å². The van der Waals surface area contributed by atoms with Crippen LogP contribution in [0.3, 0.4) is 0 Å². The van der Waals surface area contributed by atoms with Crippen molar-refractivity contribution in [3.05, 3.63) is 71.7 Å². The minimum atomic E-state index is -3.30. The highest BCUT2D eigenvalue weighted by Gasteiger charge is 2.15. The number of nitrogens with zero attached hydrogens (tertiary/aromatic N) is 2. The molecule has 1 aromatic heterocycles. The monoisotopic (exact) mass is 373 g/mol. The molecule has 26 heavy (non-hydrogen) atoms. The Bertz CT molecular complexity index is 1060. The van der Waals surface area contributed by atoms with E-state index in [1.54, 1.807) is 35.0 Å². The van der Waals surface area contributed by atoms with Gasteiger partial charge in [-0.15, -0.1) is 0 Å². The highest BCUT2D eigenvalue weighted by atomic mass is 32.2. The SMILES string of the molecule is CS(=O)(=O)c1ccc(-c2cc(C(N)=O)nn2Cc2ccc(F)cc2)cc1. The van der Waals surface area contributed by atoms with Crippen LogP contribution in [0.15, 0.2) is 59.5 Å². The quantitative estimate of drug-likeness (QED) is 0.742. The highest BCUT2D eigenvalue weighted by Crippen LogP contribution is 2.23. The number of aromatic nitrogens is 2. The Balaban J connectivity index is 2.02. The summed E-state index contributed by atoms with van der Waals surface area (Å²) in [6.45, 7) is 0.302. The van der Waals surface area contributed by atoms with Crippen LogP contribution in [-0.4, -0.2) is 30.4 Å². The van der Waals surface area contributed by atoms with Gasteiger partial charge in [-0.25, -0.2) is 12.8 Å². The number of amides is 1. The molecule has 6 nitrogen and oxygen atoms in total. The third kappa shape index (κ3) is 3.80. The fourth-order valence-electron chi connectivity index (χ4n) is 2.53. The van der Waals surface area contributed by atoms with Crippen molar-refractivity contribution in [2.75, 3.05) is 6.26 Å². The Morgan fingerprint density at radius 1 is 1.12 bits per heavy atom. The van der Waals surface area contributed by atoms with Crippen molar-refractivity contribution in [3.63, 3.8) is 0 Å². The maximum absolute atomic E-state index is 13.1. The molecule has 0 unspecified atom stereocenters. The molecule has 1 heterocycles. The van der Waals surface area contributed by atoms with Crippen LogP contribution >= 0.6 is 0 Å². The number of rotatable bonds is 5. The van der Waals surface area contributed by atoms with Gasteiger partial charge in [-0.3, -0.25) is 9.48 Å². The van der Waals surface area contributed by atoms with Crippen molar-refractivity contribution in [1.29, 1.82) is 0 Å². The van der Waals surface area contributed by atoms with E-state index in [9.17, 15) is 17.6 Å². The van der Waals surface area contributed by atoms with Gasteiger partial charge in [0.2, 0.25) is 0 Å². The van der Waals surface area contributed by atoms with Gasteiger partial charge < -0.3 is 5.73 Å². The maximum Gasteiger partial charge on any atom is 0.269 e. The van der Waals surface area contributed by atoms with Crippen LogP contribution < -0.4 is 5.73 Å². The standard InChI is InChI=1S/C18H16FN3O3S/c1-26(24,25)15-8-4-13(5-9-15)17-10-16(18(20)23)21-22(17)11-12-2-6-14(19)7-3-12/h2-10H,11H2,1H3,(H2,20,23). The van der Waals surface area contributed by atoms with Gasteiger partial charge in [-0.2, -0.15) is 5.10 Å². The molecule has 0 saturated heterocycles. The Kier molecular flexibility index (Phi) is 4.60. The van der Waals surface area contributed by atoms with Gasteiger partial charge in [-0.05, 0) is 41.5 Å². The first kappa shape index (κ1) is 17.8. The van der Waals surface area contributed by atoms with Crippen LogP contribution in [-0.2, 0) is 16.4 Å².